The van der Waals surface area contributed by atoms with Gasteiger partial charge in [0.05, 0.1) is 22.1 Å². The number of nitrogens with one attached hydrogen (secondary N) is 1. The molecule has 1 aromatic carbocycles. The van der Waals surface area contributed by atoms with Gasteiger partial charge >= 0.3 is 5.97 Å². The van der Waals surface area contributed by atoms with Crippen LogP contribution in [0.25, 0.3) is 0 Å². The normalized spacial score (nSPS) is 10.2. The first kappa shape index (κ1) is 17.9. The standard InChI is InChI=1S/C15H13ClN2O5S/c16-12-8-10(18(21)22)3-5-13(12)17-14(19)9-23-15(20)6-4-11-2-1-7-24-11/h1-3,5,7-8H,4,6,9H2,(H,17,19). The summed E-state index contributed by atoms with van der Waals surface area (Å²) in [5.74, 6) is -1.05. The molecule has 1 N–H and O–H groups in total. The van der Waals surface area contributed by atoms with Crippen molar-refractivity contribution in [2.75, 3.05) is 11.9 Å². The van der Waals surface area contributed by atoms with Crippen LogP contribution in [0.5, 0.6) is 0 Å². The van der Waals surface area contributed by atoms with Gasteiger partial charge in [0.1, 0.15) is 0 Å². The number of nitrogens with zero attached hydrogens (tertiary/aromatic N) is 1. The fourth-order valence-corrected chi connectivity index (χ4v) is 2.73. The topological polar surface area (TPSA) is 98.5 Å². The van der Waals surface area contributed by atoms with Crippen LogP contribution in [0.4, 0.5) is 11.4 Å². The van der Waals surface area contributed by atoms with Crippen LogP contribution in [0.3, 0.4) is 0 Å². The van der Waals surface area contributed by atoms with Crippen molar-refractivity contribution in [3.63, 3.8) is 0 Å². The number of hydrogen-bond donors (Lipinski definition) is 1. The van der Waals surface area contributed by atoms with Crippen LogP contribution in [-0.4, -0.2) is 23.4 Å². The highest BCUT2D eigenvalue weighted by Gasteiger charge is 2.13. The molecule has 0 unspecified atom stereocenters. The number of halogens is 1. The number of nitro benzene ring substituents is 1. The lowest BCUT2D eigenvalue weighted by atomic mass is 10.2. The Morgan fingerprint density at radius 2 is 2.12 bits per heavy atom. The molecule has 0 radical (unpaired) electrons. The Morgan fingerprint density at radius 1 is 1.33 bits per heavy atom. The molecule has 2 rings (SSSR count). The number of nitro groups is 1. The molecule has 0 spiro atoms. The van der Waals surface area contributed by atoms with Gasteiger partial charge < -0.3 is 10.1 Å². The number of rotatable bonds is 7. The third-order valence-electron chi connectivity index (χ3n) is 2.96. The molecule has 0 aliphatic rings. The van der Waals surface area contributed by atoms with Gasteiger partial charge in [-0.25, -0.2) is 0 Å². The Kier molecular flexibility index (Phi) is 6.28. The number of thiophene rings is 1. The molecule has 2 aromatic rings. The maximum atomic E-state index is 11.7. The SMILES string of the molecule is O=C(COC(=O)CCc1cccs1)Nc1ccc([N+](=O)[O-])cc1Cl. The smallest absolute Gasteiger partial charge is 0.306 e. The summed E-state index contributed by atoms with van der Waals surface area (Å²) in [4.78, 5) is 34.4. The average molecular weight is 369 g/mol. The first-order chi connectivity index (χ1) is 11.5. The molecule has 126 valence electrons. The minimum Gasteiger partial charge on any atom is -0.456 e. The third kappa shape index (κ3) is 5.32. The van der Waals surface area contributed by atoms with E-state index in [-0.39, 0.29) is 22.8 Å². The highest BCUT2D eigenvalue weighted by Crippen LogP contribution is 2.26. The van der Waals surface area contributed by atoms with Gasteiger partial charge in [0, 0.05) is 17.0 Å². The van der Waals surface area contributed by atoms with Gasteiger partial charge in [0.15, 0.2) is 6.61 Å². The molecule has 0 fully saturated rings. The van der Waals surface area contributed by atoms with Crippen molar-refractivity contribution in [3.05, 3.63) is 55.7 Å². The minimum atomic E-state index is -0.590. The van der Waals surface area contributed by atoms with Crippen molar-refractivity contribution in [1.82, 2.24) is 0 Å². The molecule has 0 aliphatic carbocycles. The van der Waals surface area contributed by atoms with Gasteiger partial charge in [-0.15, -0.1) is 11.3 Å². The maximum absolute atomic E-state index is 11.7. The number of anilines is 1. The highest BCUT2D eigenvalue weighted by atomic mass is 35.5. The summed E-state index contributed by atoms with van der Waals surface area (Å²) in [6, 6.07) is 7.48. The molecule has 1 heterocycles. The van der Waals surface area contributed by atoms with E-state index in [1.807, 2.05) is 17.5 Å². The van der Waals surface area contributed by atoms with Crippen LogP contribution in [0, 0.1) is 10.1 Å². The molecule has 0 saturated heterocycles. The van der Waals surface area contributed by atoms with Gasteiger partial charge in [-0.2, -0.15) is 0 Å². The number of benzene rings is 1. The minimum absolute atomic E-state index is 0.0292. The van der Waals surface area contributed by atoms with E-state index in [1.54, 1.807) is 11.3 Å². The predicted octanol–water partition coefficient (Wildman–Crippen LogP) is 3.42. The zero-order valence-electron chi connectivity index (χ0n) is 12.4. The Balaban J connectivity index is 1.78. The maximum Gasteiger partial charge on any atom is 0.306 e. The van der Waals surface area contributed by atoms with E-state index in [1.165, 1.54) is 12.1 Å². The number of ether oxygens (including phenoxy) is 1. The molecule has 1 amide bonds. The van der Waals surface area contributed by atoms with Crippen LogP contribution < -0.4 is 5.32 Å². The Morgan fingerprint density at radius 3 is 2.75 bits per heavy atom. The average Bonchev–Trinajstić information content (AvgIpc) is 3.06. The number of hydrogen-bond acceptors (Lipinski definition) is 6. The summed E-state index contributed by atoms with van der Waals surface area (Å²) in [6.45, 7) is -0.448. The Hall–Kier alpha value is -2.45. The van der Waals surface area contributed by atoms with Crippen molar-refractivity contribution in [2.45, 2.75) is 12.8 Å². The second-order valence-corrected chi connectivity index (χ2v) is 6.15. The summed E-state index contributed by atoms with van der Waals surface area (Å²) >= 11 is 7.41. The van der Waals surface area contributed by atoms with E-state index in [0.717, 1.165) is 10.9 Å². The first-order valence-electron chi connectivity index (χ1n) is 6.87. The Labute approximate surface area is 146 Å². The molecular weight excluding hydrogens is 356 g/mol. The van der Waals surface area contributed by atoms with Crippen molar-refractivity contribution in [3.8, 4) is 0 Å². The van der Waals surface area contributed by atoms with Crippen LogP contribution >= 0.6 is 22.9 Å². The van der Waals surface area contributed by atoms with Crippen molar-refractivity contribution in [2.24, 2.45) is 0 Å². The van der Waals surface area contributed by atoms with Gasteiger partial charge in [-0.1, -0.05) is 17.7 Å². The van der Waals surface area contributed by atoms with Crippen LogP contribution in [-0.2, 0) is 20.7 Å². The van der Waals surface area contributed by atoms with E-state index < -0.39 is 23.4 Å². The molecule has 0 bridgehead atoms. The van der Waals surface area contributed by atoms with E-state index in [9.17, 15) is 19.7 Å². The molecule has 0 aliphatic heterocycles. The molecule has 9 heteroatoms. The lowest BCUT2D eigenvalue weighted by molar-refractivity contribution is -0.384. The number of esters is 1. The second kappa shape index (κ2) is 8.42. The molecule has 24 heavy (non-hydrogen) atoms. The van der Waals surface area contributed by atoms with Crippen molar-refractivity contribution < 1.29 is 19.2 Å². The summed E-state index contributed by atoms with van der Waals surface area (Å²) in [5, 5.41) is 15.0. The number of carbonyl (C=O) groups excluding carboxylic acids is 2. The zero-order valence-corrected chi connectivity index (χ0v) is 13.9. The summed E-state index contributed by atoms with van der Waals surface area (Å²) in [7, 11) is 0. The van der Waals surface area contributed by atoms with E-state index >= 15 is 0 Å². The van der Waals surface area contributed by atoms with Gasteiger partial charge in [-0.3, -0.25) is 19.7 Å². The Bertz CT molecular complexity index is 748. The highest BCUT2D eigenvalue weighted by molar-refractivity contribution is 7.09. The molecular formula is C15H13ClN2O5S. The quantitative estimate of drug-likeness (QED) is 0.458. The van der Waals surface area contributed by atoms with Crippen LogP contribution in [0.15, 0.2) is 35.7 Å². The van der Waals surface area contributed by atoms with Gasteiger partial charge in [0.2, 0.25) is 0 Å². The number of non-ortho nitro benzene ring substituents is 1. The number of aryl methyl sites for hydroxylation is 1. The molecule has 1 aromatic heterocycles. The first-order valence-corrected chi connectivity index (χ1v) is 8.13. The number of carbonyl (C=O) groups is 2. The summed E-state index contributed by atoms with van der Waals surface area (Å²) in [6.07, 6.45) is 0.748. The summed E-state index contributed by atoms with van der Waals surface area (Å²) < 4.78 is 4.88. The van der Waals surface area contributed by atoms with E-state index in [0.29, 0.717) is 6.42 Å². The molecule has 7 nitrogen and oxygen atoms in total. The van der Waals surface area contributed by atoms with Gasteiger partial charge in [0.25, 0.3) is 11.6 Å². The fraction of sp³-hybridized carbons (Fsp3) is 0.200. The summed E-state index contributed by atoms with van der Waals surface area (Å²) in [5.41, 5.74) is 0.0277. The van der Waals surface area contributed by atoms with E-state index in [4.69, 9.17) is 16.3 Å². The fourth-order valence-electron chi connectivity index (χ4n) is 1.80. The number of amides is 1. The molecule has 0 atom stereocenters. The lowest BCUT2D eigenvalue weighted by Gasteiger charge is -2.08. The second-order valence-electron chi connectivity index (χ2n) is 4.71. The molecule has 0 saturated carbocycles. The van der Waals surface area contributed by atoms with Gasteiger partial charge in [-0.05, 0) is 23.9 Å². The lowest BCUT2D eigenvalue weighted by Crippen LogP contribution is -2.21. The van der Waals surface area contributed by atoms with Crippen molar-refractivity contribution >= 4 is 46.2 Å². The van der Waals surface area contributed by atoms with Crippen molar-refractivity contribution in [1.29, 1.82) is 0 Å². The largest absolute Gasteiger partial charge is 0.456 e. The van der Waals surface area contributed by atoms with E-state index in [2.05, 4.69) is 5.32 Å². The van der Waals surface area contributed by atoms with Crippen LogP contribution in [0.2, 0.25) is 5.02 Å². The van der Waals surface area contributed by atoms with Crippen LogP contribution in [0.1, 0.15) is 11.3 Å². The zero-order chi connectivity index (χ0) is 17.5. The monoisotopic (exact) mass is 368 g/mol. The predicted molar refractivity (Wildman–Crippen MR) is 90.3 cm³/mol. The third-order valence-corrected chi connectivity index (χ3v) is 4.21.